The van der Waals surface area contributed by atoms with Gasteiger partial charge in [0, 0.05) is 20.3 Å². The molecule has 0 bridgehead atoms. The van der Waals surface area contributed by atoms with Crippen LogP contribution in [-0.2, 0) is 7.05 Å². The average Bonchev–Trinajstić information content (AvgIpc) is 2.70. The van der Waals surface area contributed by atoms with Gasteiger partial charge in [-0.1, -0.05) is 13.8 Å². The Morgan fingerprint density at radius 2 is 1.94 bits per heavy atom. The van der Waals surface area contributed by atoms with Crippen LogP contribution >= 0.6 is 0 Å². The van der Waals surface area contributed by atoms with Gasteiger partial charge in [-0.25, -0.2) is 4.98 Å². The van der Waals surface area contributed by atoms with Crippen molar-refractivity contribution in [3.63, 3.8) is 0 Å². The van der Waals surface area contributed by atoms with E-state index in [1.54, 1.807) is 17.1 Å². The molecule has 0 aliphatic rings. The maximum Gasteiger partial charge on any atom is 0.151 e. The maximum absolute atomic E-state index is 4.44. The fraction of sp³-hybridized carbons (Fsp3) is 0.417. The second kappa shape index (κ2) is 5.03. The van der Waals surface area contributed by atoms with E-state index in [1.807, 2.05) is 20.3 Å². The van der Waals surface area contributed by atoms with Crippen LogP contribution in [0.3, 0.4) is 0 Å². The Morgan fingerprint density at radius 3 is 2.61 bits per heavy atom. The Morgan fingerprint density at radius 1 is 1.22 bits per heavy atom. The molecule has 6 nitrogen and oxygen atoms in total. The van der Waals surface area contributed by atoms with E-state index in [9.17, 15) is 0 Å². The van der Waals surface area contributed by atoms with Gasteiger partial charge in [-0.2, -0.15) is 5.10 Å². The van der Waals surface area contributed by atoms with Gasteiger partial charge in [0.1, 0.15) is 5.82 Å². The molecule has 2 aromatic rings. The van der Waals surface area contributed by atoms with Gasteiger partial charge in [-0.15, -0.1) is 0 Å². The lowest BCUT2D eigenvalue weighted by Gasteiger charge is -2.08. The number of aromatic nitrogens is 4. The van der Waals surface area contributed by atoms with Crippen LogP contribution in [0.2, 0.25) is 0 Å². The van der Waals surface area contributed by atoms with Crippen LogP contribution in [0.5, 0.6) is 0 Å². The van der Waals surface area contributed by atoms with Crippen LogP contribution in [0.15, 0.2) is 18.6 Å². The predicted molar refractivity (Wildman–Crippen MR) is 72.2 cm³/mol. The summed E-state index contributed by atoms with van der Waals surface area (Å²) >= 11 is 0. The molecule has 0 radical (unpaired) electrons. The van der Waals surface area contributed by atoms with Gasteiger partial charge in [-0.05, 0) is 5.92 Å². The largest absolute Gasteiger partial charge is 0.372 e. The summed E-state index contributed by atoms with van der Waals surface area (Å²) in [6.07, 6.45) is 5.32. The molecular formula is C12H18N6. The first-order chi connectivity index (χ1) is 8.60. The number of hydrogen-bond donors (Lipinski definition) is 2. The van der Waals surface area contributed by atoms with Crippen molar-refractivity contribution < 1.29 is 0 Å². The molecule has 0 fully saturated rings. The summed E-state index contributed by atoms with van der Waals surface area (Å²) < 4.78 is 1.80. The molecule has 2 heterocycles. The second-order valence-corrected chi connectivity index (χ2v) is 4.42. The minimum atomic E-state index is 0.356. The molecule has 0 aliphatic heterocycles. The third-order valence-corrected chi connectivity index (χ3v) is 2.56. The molecule has 0 amide bonds. The molecule has 0 spiro atoms. The van der Waals surface area contributed by atoms with Crippen molar-refractivity contribution in [1.29, 1.82) is 0 Å². The zero-order chi connectivity index (χ0) is 13.1. The van der Waals surface area contributed by atoms with Gasteiger partial charge in [0.05, 0.1) is 23.8 Å². The molecule has 96 valence electrons. The molecule has 6 heteroatoms. The summed E-state index contributed by atoms with van der Waals surface area (Å²) in [6.45, 7) is 4.23. The zero-order valence-corrected chi connectivity index (χ0v) is 11.1. The van der Waals surface area contributed by atoms with Gasteiger partial charge in [0.15, 0.2) is 5.82 Å². The second-order valence-electron chi connectivity index (χ2n) is 4.42. The quantitative estimate of drug-likeness (QED) is 0.865. The third-order valence-electron chi connectivity index (χ3n) is 2.56. The van der Waals surface area contributed by atoms with Crippen LogP contribution in [-0.4, -0.2) is 26.8 Å². The Hall–Kier alpha value is -2.11. The number of rotatable bonds is 4. The predicted octanol–water partition coefficient (Wildman–Crippen LogP) is 2.12. The van der Waals surface area contributed by atoms with Crippen LogP contribution in [0.1, 0.15) is 25.5 Å². The first-order valence-corrected chi connectivity index (χ1v) is 5.90. The fourth-order valence-electron chi connectivity index (χ4n) is 1.71. The van der Waals surface area contributed by atoms with Crippen molar-refractivity contribution in [2.24, 2.45) is 7.05 Å². The van der Waals surface area contributed by atoms with E-state index < -0.39 is 0 Å². The Kier molecular flexibility index (Phi) is 3.45. The SMILES string of the molecule is CNc1cncc(Nc2cn(C)nc2C(C)C)n1. The van der Waals surface area contributed by atoms with Crippen LogP contribution in [0, 0.1) is 0 Å². The van der Waals surface area contributed by atoms with E-state index in [4.69, 9.17) is 0 Å². The molecule has 0 saturated carbocycles. The molecule has 2 aromatic heterocycles. The standard InChI is InChI=1S/C12H18N6/c1-8(2)12-9(7-18(4)17-12)15-11-6-14-5-10(13-3)16-11/h5-8H,1-4H3,(H2,13,15,16). The Labute approximate surface area is 106 Å². The lowest BCUT2D eigenvalue weighted by molar-refractivity contribution is 0.713. The number of aryl methyl sites for hydroxylation is 1. The van der Waals surface area contributed by atoms with Gasteiger partial charge in [0.2, 0.25) is 0 Å². The van der Waals surface area contributed by atoms with Crippen molar-refractivity contribution in [2.45, 2.75) is 19.8 Å². The van der Waals surface area contributed by atoms with E-state index in [0.29, 0.717) is 11.7 Å². The molecule has 18 heavy (non-hydrogen) atoms. The van der Waals surface area contributed by atoms with Crippen molar-refractivity contribution in [2.75, 3.05) is 17.7 Å². The molecule has 2 rings (SSSR count). The summed E-state index contributed by atoms with van der Waals surface area (Å²) in [5.74, 6) is 1.79. The zero-order valence-electron chi connectivity index (χ0n) is 11.1. The van der Waals surface area contributed by atoms with Crippen LogP contribution in [0.25, 0.3) is 0 Å². The lowest BCUT2D eigenvalue weighted by Crippen LogP contribution is -2.00. The highest BCUT2D eigenvalue weighted by molar-refractivity contribution is 5.59. The first-order valence-electron chi connectivity index (χ1n) is 5.90. The molecule has 0 saturated heterocycles. The normalized spacial score (nSPS) is 10.7. The average molecular weight is 246 g/mol. The number of anilines is 3. The summed E-state index contributed by atoms with van der Waals surface area (Å²) in [5.41, 5.74) is 1.99. The minimum Gasteiger partial charge on any atom is -0.372 e. The van der Waals surface area contributed by atoms with E-state index in [1.165, 1.54) is 0 Å². The molecule has 0 aromatic carbocycles. The highest BCUT2D eigenvalue weighted by Gasteiger charge is 2.12. The molecule has 0 aliphatic carbocycles. The van der Waals surface area contributed by atoms with E-state index in [-0.39, 0.29) is 0 Å². The Balaban J connectivity index is 2.27. The number of hydrogen-bond acceptors (Lipinski definition) is 5. The fourth-order valence-corrected chi connectivity index (χ4v) is 1.71. The summed E-state index contributed by atoms with van der Waals surface area (Å²) in [6, 6.07) is 0. The van der Waals surface area contributed by atoms with Gasteiger partial charge >= 0.3 is 0 Å². The summed E-state index contributed by atoms with van der Waals surface area (Å²) in [7, 11) is 3.73. The highest BCUT2D eigenvalue weighted by atomic mass is 15.3. The Bertz CT molecular complexity index is 531. The van der Waals surface area contributed by atoms with Crippen molar-refractivity contribution in [3.8, 4) is 0 Å². The first kappa shape index (κ1) is 12.3. The summed E-state index contributed by atoms with van der Waals surface area (Å²) in [4.78, 5) is 8.49. The molecule has 2 N–H and O–H groups in total. The maximum atomic E-state index is 4.44. The molecular weight excluding hydrogens is 228 g/mol. The monoisotopic (exact) mass is 246 g/mol. The third kappa shape index (κ3) is 2.58. The van der Waals surface area contributed by atoms with E-state index >= 15 is 0 Å². The van der Waals surface area contributed by atoms with Gasteiger partial charge < -0.3 is 10.6 Å². The highest BCUT2D eigenvalue weighted by Crippen LogP contribution is 2.24. The van der Waals surface area contributed by atoms with Gasteiger partial charge in [0.25, 0.3) is 0 Å². The number of nitrogens with zero attached hydrogens (tertiary/aromatic N) is 4. The van der Waals surface area contributed by atoms with E-state index in [0.717, 1.165) is 17.2 Å². The van der Waals surface area contributed by atoms with Crippen LogP contribution in [0.4, 0.5) is 17.3 Å². The van der Waals surface area contributed by atoms with Crippen molar-refractivity contribution in [3.05, 3.63) is 24.3 Å². The topological polar surface area (TPSA) is 67.7 Å². The molecule has 0 atom stereocenters. The summed E-state index contributed by atoms with van der Waals surface area (Å²) in [5, 5.41) is 10.7. The van der Waals surface area contributed by atoms with Gasteiger partial charge in [-0.3, -0.25) is 9.67 Å². The lowest BCUT2D eigenvalue weighted by atomic mass is 10.1. The molecule has 0 unspecified atom stereocenters. The van der Waals surface area contributed by atoms with Crippen molar-refractivity contribution >= 4 is 17.3 Å². The van der Waals surface area contributed by atoms with Crippen LogP contribution < -0.4 is 10.6 Å². The minimum absolute atomic E-state index is 0.356. The number of nitrogens with one attached hydrogen (secondary N) is 2. The smallest absolute Gasteiger partial charge is 0.151 e. The van der Waals surface area contributed by atoms with E-state index in [2.05, 4.69) is 39.5 Å². The van der Waals surface area contributed by atoms with Crippen molar-refractivity contribution in [1.82, 2.24) is 19.7 Å².